The molecule has 3 N–H and O–H groups in total. The Hall–Kier alpha value is -1.08. The van der Waals surface area contributed by atoms with E-state index in [0.29, 0.717) is 6.04 Å². The molecule has 1 nitrogen and oxygen atoms in total. The van der Waals surface area contributed by atoms with Gasteiger partial charge in [-0.2, -0.15) is 0 Å². The predicted molar refractivity (Wildman–Crippen MR) is 54.9 cm³/mol. The summed E-state index contributed by atoms with van der Waals surface area (Å²) in [5.74, 6) is 0. The van der Waals surface area contributed by atoms with Crippen molar-refractivity contribution in [3.05, 3.63) is 42.0 Å². The quantitative estimate of drug-likeness (QED) is 0.673. The van der Waals surface area contributed by atoms with Gasteiger partial charge in [-0.1, -0.05) is 36.4 Å². The van der Waals surface area contributed by atoms with Crippen LogP contribution < -0.4 is 5.73 Å². The van der Waals surface area contributed by atoms with Crippen LogP contribution in [0.15, 0.2) is 36.4 Å². The maximum absolute atomic E-state index is 4.08. The zero-order valence-electron chi connectivity index (χ0n) is 7.87. The summed E-state index contributed by atoms with van der Waals surface area (Å²) >= 11 is 0. The predicted octanol–water partition coefficient (Wildman–Crippen LogP) is 1.86. The van der Waals surface area contributed by atoms with Crippen LogP contribution in [0.2, 0.25) is 0 Å². The van der Waals surface area contributed by atoms with Gasteiger partial charge in [-0.15, -0.1) is 0 Å². The maximum Gasteiger partial charge on any atom is 0.0881 e. The van der Waals surface area contributed by atoms with E-state index in [1.165, 1.54) is 24.0 Å². The molecule has 1 heteroatoms. The minimum absolute atomic E-state index is 0.632. The van der Waals surface area contributed by atoms with E-state index < -0.39 is 0 Å². The first-order chi connectivity index (χ1) is 6.36. The standard InChI is InChI=1S/C12H15N/c13-12-8-6-11(7-9-12)10-4-2-1-3-5-10/h1-6,12H,7-9,13H2/p+1/t12-/m1/s1. The average Bonchev–Trinajstić information content (AvgIpc) is 2.20. The number of benzene rings is 1. The number of hydrogen-bond donors (Lipinski definition) is 1. The number of allylic oxidation sites excluding steroid dienone is 1. The van der Waals surface area contributed by atoms with Crippen LogP contribution in [-0.4, -0.2) is 6.04 Å². The molecular weight excluding hydrogens is 158 g/mol. The molecule has 1 aromatic rings. The molecule has 0 aromatic heterocycles. The van der Waals surface area contributed by atoms with Crippen LogP contribution >= 0.6 is 0 Å². The van der Waals surface area contributed by atoms with Crippen molar-refractivity contribution in [2.75, 3.05) is 0 Å². The Balaban J connectivity index is 2.19. The number of hydrogen-bond acceptors (Lipinski definition) is 0. The molecule has 0 bridgehead atoms. The third-order valence-electron chi connectivity index (χ3n) is 2.66. The van der Waals surface area contributed by atoms with E-state index in [9.17, 15) is 0 Å². The highest BCUT2D eigenvalue weighted by molar-refractivity contribution is 5.66. The van der Waals surface area contributed by atoms with Crippen molar-refractivity contribution in [3.8, 4) is 0 Å². The number of rotatable bonds is 1. The van der Waals surface area contributed by atoms with Crippen molar-refractivity contribution in [1.82, 2.24) is 0 Å². The molecule has 2 rings (SSSR count). The highest BCUT2D eigenvalue weighted by Crippen LogP contribution is 2.25. The van der Waals surface area contributed by atoms with Crippen molar-refractivity contribution >= 4 is 5.57 Å². The Labute approximate surface area is 79.3 Å². The highest BCUT2D eigenvalue weighted by Gasteiger charge is 2.13. The molecule has 0 fully saturated rings. The van der Waals surface area contributed by atoms with Crippen LogP contribution in [0, 0.1) is 0 Å². The SMILES string of the molecule is [NH3+][C@@H]1CC=C(c2ccccc2)CC1. The van der Waals surface area contributed by atoms with Crippen LogP contribution in [0.3, 0.4) is 0 Å². The van der Waals surface area contributed by atoms with Crippen LogP contribution in [0.4, 0.5) is 0 Å². The van der Waals surface area contributed by atoms with Crippen molar-refractivity contribution in [3.63, 3.8) is 0 Å². The first-order valence-corrected chi connectivity index (χ1v) is 4.94. The minimum Gasteiger partial charge on any atom is -0.355 e. The van der Waals surface area contributed by atoms with E-state index in [1.54, 1.807) is 0 Å². The van der Waals surface area contributed by atoms with Gasteiger partial charge < -0.3 is 5.73 Å². The molecule has 1 atom stereocenters. The van der Waals surface area contributed by atoms with Gasteiger partial charge in [0.1, 0.15) is 0 Å². The third-order valence-corrected chi connectivity index (χ3v) is 2.66. The largest absolute Gasteiger partial charge is 0.355 e. The van der Waals surface area contributed by atoms with Crippen molar-refractivity contribution < 1.29 is 5.73 Å². The lowest BCUT2D eigenvalue weighted by molar-refractivity contribution is -0.420. The first kappa shape index (κ1) is 8.52. The van der Waals surface area contributed by atoms with Gasteiger partial charge in [-0.3, -0.25) is 0 Å². The Kier molecular flexibility index (Phi) is 2.46. The fourth-order valence-corrected chi connectivity index (χ4v) is 1.80. The molecule has 0 unspecified atom stereocenters. The minimum atomic E-state index is 0.632. The van der Waals surface area contributed by atoms with Crippen LogP contribution in [0.5, 0.6) is 0 Å². The van der Waals surface area contributed by atoms with Crippen molar-refractivity contribution in [2.24, 2.45) is 0 Å². The van der Waals surface area contributed by atoms with Gasteiger partial charge in [0.15, 0.2) is 0 Å². The molecule has 13 heavy (non-hydrogen) atoms. The van der Waals surface area contributed by atoms with E-state index in [2.05, 4.69) is 42.1 Å². The Morgan fingerprint density at radius 1 is 1.15 bits per heavy atom. The maximum atomic E-state index is 4.08. The van der Waals surface area contributed by atoms with E-state index in [-0.39, 0.29) is 0 Å². The van der Waals surface area contributed by atoms with Gasteiger partial charge in [0.2, 0.25) is 0 Å². The molecule has 0 saturated heterocycles. The van der Waals surface area contributed by atoms with Crippen molar-refractivity contribution in [1.29, 1.82) is 0 Å². The highest BCUT2D eigenvalue weighted by atomic mass is 14.6. The summed E-state index contributed by atoms with van der Waals surface area (Å²) in [4.78, 5) is 0. The van der Waals surface area contributed by atoms with Crippen LogP contribution in [0.25, 0.3) is 5.57 Å². The molecule has 0 radical (unpaired) electrons. The zero-order valence-corrected chi connectivity index (χ0v) is 7.87. The first-order valence-electron chi connectivity index (χ1n) is 4.94. The molecule has 1 aromatic carbocycles. The van der Waals surface area contributed by atoms with Gasteiger partial charge in [-0.25, -0.2) is 0 Å². The van der Waals surface area contributed by atoms with Gasteiger partial charge in [0.25, 0.3) is 0 Å². The summed E-state index contributed by atoms with van der Waals surface area (Å²) < 4.78 is 0. The summed E-state index contributed by atoms with van der Waals surface area (Å²) in [5, 5.41) is 0. The normalized spacial score (nSPS) is 22.5. The summed E-state index contributed by atoms with van der Waals surface area (Å²) in [6, 6.07) is 11.3. The second-order valence-electron chi connectivity index (χ2n) is 3.74. The lowest BCUT2D eigenvalue weighted by Crippen LogP contribution is -2.61. The Morgan fingerprint density at radius 2 is 1.92 bits per heavy atom. The van der Waals surface area contributed by atoms with Gasteiger partial charge in [-0.05, 0) is 17.6 Å². The van der Waals surface area contributed by atoms with Crippen molar-refractivity contribution in [2.45, 2.75) is 25.3 Å². The Bertz CT molecular complexity index is 300. The van der Waals surface area contributed by atoms with E-state index in [4.69, 9.17) is 0 Å². The van der Waals surface area contributed by atoms with E-state index in [0.717, 1.165) is 6.42 Å². The van der Waals surface area contributed by atoms with Gasteiger partial charge in [0.05, 0.1) is 6.04 Å². The summed E-state index contributed by atoms with van der Waals surface area (Å²) in [5.41, 5.74) is 6.97. The molecule has 0 heterocycles. The zero-order chi connectivity index (χ0) is 9.10. The Morgan fingerprint density at radius 3 is 2.54 bits per heavy atom. The molecule has 1 aliphatic carbocycles. The molecule has 0 saturated carbocycles. The third kappa shape index (κ3) is 1.99. The fraction of sp³-hybridized carbons (Fsp3) is 0.333. The van der Waals surface area contributed by atoms with Crippen LogP contribution in [0.1, 0.15) is 24.8 Å². The number of quaternary nitrogens is 1. The topological polar surface area (TPSA) is 27.6 Å². The lowest BCUT2D eigenvalue weighted by atomic mass is 9.91. The van der Waals surface area contributed by atoms with E-state index >= 15 is 0 Å². The smallest absolute Gasteiger partial charge is 0.0881 e. The summed E-state index contributed by atoms with van der Waals surface area (Å²) in [6.07, 6.45) is 5.92. The molecular formula is C12H16N+. The molecule has 0 aliphatic heterocycles. The summed E-state index contributed by atoms with van der Waals surface area (Å²) in [6.45, 7) is 0. The lowest BCUT2D eigenvalue weighted by Gasteiger charge is -2.16. The molecule has 68 valence electrons. The monoisotopic (exact) mass is 174 g/mol. The van der Waals surface area contributed by atoms with Crippen LogP contribution in [-0.2, 0) is 0 Å². The molecule has 0 amide bonds. The molecule has 0 spiro atoms. The van der Waals surface area contributed by atoms with E-state index in [1.807, 2.05) is 0 Å². The molecule has 1 aliphatic rings. The second-order valence-corrected chi connectivity index (χ2v) is 3.74. The van der Waals surface area contributed by atoms with Gasteiger partial charge in [0, 0.05) is 12.8 Å². The van der Waals surface area contributed by atoms with Gasteiger partial charge >= 0.3 is 0 Å². The average molecular weight is 174 g/mol. The second kappa shape index (κ2) is 3.75. The summed E-state index contributed by atoms with van der Waals surface area (Å²) in [7, 11) is 0. The fourth-order valence-electron chi connectivity index (χ4n) is 1.80.